The molecule has 0 radical (unpaired) electrons. The van der Waals surface area contributed by atoms with Crippen molar-refractivity contribution in [1.29, 1.82) is 0 Å². The van der Waals surface area contributed by atoms with Crippen LogP contribution in [-0.2, 0) is 15.6 Å². The maximum atomic E-state index is 12.3. The summed E-state index contributed by atoms with van der Waals surface area (Å²) in [5.41, 5.74) is 3.78. The van der Waals surface area contributed by atoms with Gasteiger partial charge in [0.05, 0.1) is 20.7 Å². The third kappa shape index (κ3) is 4.20. The van der Waals surface area contributed by atoms with Gasteiger partial charge in [0.1, 0.15) is 5.60 Å². The third-order valence-corrected chi connectivity index (χ3v) is 5.93. The molecule has 1 heterocycles. The number of likely N-dealkylation sites (tertiary alicyclic amines) is 1. The van der Waals surface area contributed by atoms with Crippen LogP contribution >= 0.6 is 23.2 Å². The number of hydrogen-bond acceptors (Lipinski definition) is 4. The van der Waals surface area contributed by atoms with Crippen molar-refractivity contribution < 1.29 is 14.1 Å². The monoisotopic (exact) mass is 364 g/mol. The fourth-order valence-corrected chi connectivity index (χ4v) is 4.17. The lowest BCUT2D eigenvalue weighted by molar-refractivity contribution is -0.141. The van der Waals surface area contributed by atoms with Crippen LogP contribution in [0.1, 0.15) is 12.8 Å². The molecule has 3 N–H and O–H groups in total. The highest BCUT2D eigenvalue weighted by Gasteiger charge is 2.37. The molecular formula is C14H18Cl2N2O3S. The number of amides is 1. The molecule has 1 aromatic rings. The molecule has 0 saturated carbocycles. The van der Waals surface area contributed by atoms with E-state index in [1.54, 1.807) is 18.2 Å². The molecule has 122 valence electrons. The van der Waals surface area contributed by atoms with E-state index in [4.69, 9.17) is 28.9 Å². The lowest BCUT2D eigenvalue weighted by Gasteiger charge is -2.35. The Morgan fingerprint density at radius 2 is 2.00 bits per heavy atom. The van der Waals surface area contributed by atoms with Crippen LogP contribution in [0.2, 0.25) is 10.0 Å². The summed E-state index contributed by atoms with van der Waals surface area (Å²) in [7, 11) is -1.25. The molecule has 5 nitrogen and oxygen atoms in total. The molecular weight excluding hydrogens is 347 g/mol. The first-order chi connectivity index (χ1) is 10.3. The highest BCUT2D eigenvalue weighted by molar-refractivity contribution is 7.85. The molecule has 1 amide bonds. The van der Waals surface area contributed by atoms with E-state index in [-0.39, 0.29) is 0 Å². The number of piperidine rings is 1. The Kier molecular flexibility index (Phi) is 5.85. The number of halogens is 2. The number of hydrogen-bond donors (Lipinski definition) is 2. The van der Waals surface area contributed by atoms with Crippen molar-refractivity contribution >= 4 is 39.9 Å². The predicted octanol–water partition coefficient (Wildman–Crippen LogP) is 1.41. The standard InChI is InChI=1S/C14H18Cl2N2O3S/c15-10-1-2-11(16)12(9-10)22(21)8-7-18-5-3-14(20,4-6-18)13(17)19/h1-2,9,20H,3-8H2,(H2,17,19). The van der Waals surface area contributed by atoms with Gasteiger partial charge in [-0.05, 0) is 31.0 Å². The second-order valence-corrected chi connectivity index (χ2v) is 7.74. The van der Waals surface area contributed by atoms with Gasteiger partial charge in [0.25, 0.3) is 0 Å². The van der Waals surface area contributed by atoms with E-state index in [2.05, 4.69) is 0 Å². The van der Waals surface area contributed by atoms with Crippen LogP contribution in [0.3, 0.4) is 0 Å². The molecule has 1 aliphatic rings. The molecule has 1 atom stereocenters. The number of primary amides is 1. The zero-order chi connectivity index (χ0) is 16.3. The van der Waals surface area contributed by atoms with E-state index in [1.165, 1.54) is 0 Å². The van der Waals surface area contributed by atoms with Crippen molar-refractivity contribution in [2.45, 2.75) is 23.3 Å². The van der Waals surface area contributed by atoms with Gasteiger partial charge in [-0.25, -0.2) is 0 Å². The van der Waals surface area contributed by atoms with Crippen molar-refractivity contribution in [2.75, 3.05) is 25.4 Å². The minimum atomic E-state index is -1.41. The molecule has 1 unspecified atom stereocenters. The molecule has 1 aliphatic heterocycles. The average Bonchev–Trinajstić information content (AvgIpc) is 2.48. The lowest BCUT2D eigenvalue weighted by Crippen LogP contribution is -2.52. The molecule has 0 aliphatic carbocycles. The van der Waals surface area contributed by atoms with Crippen LogP contribution in [0, 0.1) is 0 Å². The van der Waals surface area contributed by atoms with E-state index in [0.717, 1.165) is 0 Å². The Balaban J connectivity index is 1.88. The Morgan fingerprint density at radius 1 is 1.36 bits per heavy atom. The summed E-state index contributed by atoms with van der Waals surface area (Å²) in [4.78, 5) is 13.8. The third-order valence-electron chi connectivity index (χ3n) is 3.87. The van der Waals surface area contributed by atoms with Gasteiger partial charge in [0.15, 0.2) is 0 Å². The second-order valence-electron chi connectivity index (χ2n) is 5.36. The summed E-state index contributed by atoms with van der Waals surface area (Å²) in [5, 5.41) is 10.9. The summed E-state index contributed by atoms with van der Waals surface area (Å²) < 4.78 is 12.3. The smallest absolute Gasteiger partial charge is 0.249 e. The molecule has 1 aromatic carbocycles. The van der Waals surface area contributed by atoms with Gasteiger partial charge in [0, 0.05) is 30.4 Å². The van der Waals surface area contributed by atoms with Crippen molar-refractivity contribution in [2.24, 2.45) is 5.73 Å². The number of aliphatic hydroxyl groups is 1. The van der Waals surface area contributed by atoms with Gasteiger partial charge in [0.2, 0.25) is 5.91 Å². The van der Waals surface area contributed by atoms with Gasteiger partial charge >= 0.3 is 0 Å². The first-order valence-corrected chi connectivity index (χ1v) is 8.97. The minimum absolute atomic E-state index is 0.299. The van der Waals surface area contributed by atoms with Gasteiger partial charge in [-0.2, -0.15) is 0 Å². The summed E-state index contributed by atoms with van der Waals surface area (Å²) in [6.07, 6.45) is 0.597. The first-order valence-electron chi connectivity index (χ1n) is 6.90. The second kappa shape index (κ2) is 7.27. The summed E-state index contributed by atoms with van der Waals surface area (Å²) in [6.45, 7) is 1.67. The van der Waals surface area contributed by atoms with E-state index in [1.807, 2.05) is 4.90 Å². The van der Waals surface area contributed by atoms with Crippen LogP contribution in [-0.4, -0.2) is 51.1 Å². The van der Waals surface area contributed by atoms with Crippen molar-refractivity contribution in [3.05, 3.63) is 28.2 Å². The minimum Gasteiger partial charge on any atom is -0.380 e. The molecule has 8 heteroatoms. The predicted molar refractivity (Wildman–Crippen MR) is 87.6 cm³/mol. The molecule has 1 fully saturated rings. The molecule has 0 aromatic heterocycles. The zero-order valence-corrected chi connectivity index (χ0v) is 14.3. The number of carbonyl (C=O) groups excluding carboxylic acids is 1. The quantitative estimate of drug-likeness (QED) is 0.827. The molecule has 2 rings (SSSR count). The van der Waals surface area contributed by atoms with Crippen LogP contribution in [0.25, 0.3) is 0 Å². The summed E-state index contributed by atoms with van der Waals surface area (Å²) in [5.74, 6) is -0.267. The van der Waals surface area contributed by atoms with Crippen molar-refractivity contribution in [1.82, 2.24) is 4.90 Å². The average molecular weight is 365 g/mol. The van der Waals surface area contributed by atoms with Crippen LogP contribution < -0.4 is 5.73 Å². The van der Waals surface area contributed by atoms with Crippen molar-refractivity contribution in [3.63, 3.8) is 0 Å². The van der Waals surface area contributed by atoms with Crippen LogP contribution in [0.4, 0.5) is 0 Å². The molecule has 1 saturated heterocycles. The maximum Gasteiger partial charge on any atom is 0.249 e. The molecule has 0 bridgehead atoms. The number of nitrogens with two attached hydrogens (primary N) is 1. The highest BCUT2D eigenvalue weighted by Crippen LogP contribution is 2.25. The van der Waals surface area contributed by atoms with E-state index in [0.29, 0.717) is 53.2 Å². The number of benzene rings is 1. The maximum absolute atomic E-state index is 12.3. The van der Waals surface area contributed by atoms with Crippen LogP contribution in [0.5, 0.6) is 0 Å². The fraction of sp³-hybridized carbons (Fsp3) is 0.500. The van der Waals surface area contributed by atoms with Gasteiger partial charge in [-0.1, -0.05) is 23.2 Å². The Bertz CT molecular complexity index is 589. The van der Waals surface area contributed by atoms with Crippen molar-refractivity contribution in [3.8, 4) is 0 Å². The fourth-order valence-electron chi connectivity index (χ4n) is 2.37. The van der Waals surface area contributed by atoms with Gasteiger partial charge in [-0.15, -0.1) is 0 Å². The lowest BCUT2D eigenvalue weighted by atomic mass is 9.91. The first kappa shape index (κ1) is 17.7. The number of rotatable bonds is 5. The topological polar surface area (TPSA) is 83.6 Å². The Labute approximate surface area is 141 Å². The van der Waals surface area contributed by atoms with Gasteiger partial charge in [-0.3, -0.25) is 9.00 Å². The van der Waals surface area contributed by atoms with Gasteiger partial charge < -0.3 is 15.7 Å². The van der Waals surface area contributed by atoms with Crippen LogP contribution in [0.15, 0.2) is 23.1 Å². The summed E-state index contributed by atoms with van der Waals surface area (Å²) in [6, 6.07) is 4.90. The zero-order valence-electron chi connectivity index (χ0n) is 11.9. The van der Waals surface area contributed by atoms with E-state index < -0.39 is 22.3 Å². The molecule has 22 heavy (non-hydrogen) atoms. The number of nitrogens with zero attached hydrogens (tertiary/aromatic N) is 1. The highest BCUT2D eigenvalue weighted by atomic mass is 35.5. The Morgan fingerprint density at radius 3 is 2.59 bits per heavy atom. The Hall–Kier alpha value is -0.660. The SMILES string of the molecule is NC(=O)C1(O)CCN(CCS(=O)c2cc(Cl)ccc2Cl)CC1. The summed E-state index contributed by atoms with van der Waals surface area (Å²) >= 11 is 11.9. The normalized spacial score (nSPS) is 19.8. The molecule has 0 spiro atoms. The van der Waals surface area contributed by atoms with E-state index >= 15 is 0 Å². The van der Waals surface area contributed by atoms with E-state index in [9.17, 15) is 14.1 Å². The number of carbonyl (C=O) groups is 1. The largest absolute Gasteiger partial charge is 0.380 e.